The van der Waals surface area contributed by atoms with Crippen LogP contribution in [0.2, 0.25) is 0 Å². The summed E-state index contributed by atoms with van der Waals surface area (Å²) < 4.78 is 5.33. The second kappa shape index (κ2) is 8.14. The van der Waals surface area contributed by atoms with E-state index < -0.39 is 29.2 Å². The molecule has 0 heterocycles. The van der Waals surface area contributed by atoms with Gasteiger partial charge in [0.2, 0.25) is 0 Å². The number of aliphatic carboxylic acids is 2. The van der Waals surface area contributed by atoms with Crippen LogP contribution in [0.3, 0.4) is 0 Å². The Morgan fingerprint density at radius 2 is 1.55 bits per heavy atom. The number of hydrogen-bond acceptors (Lipinski definition) is 4. The highest BCUT2D eigenvalue weighted by Crippen LogP contribution is 2.43. The number of ether oxygens (including phenoxy) is 1. The summed E-state index contributed by atoms with van der Waals surface area (Å²) in [4.78, 5) is 36.6. The zero-order chi connectivity index (χ0) is 21.0. The van der Waals surface area contributed by atoms with Gasteiger partial charge >= 0.3 is 17.9 Å². The minimum Gasteiger partial charge on any atom is -0.481 e. The van der Waals surface area contributed by atoms with E-state index in [1.807, 2.05) is 6.07 Å². The molecule has 1 aliphatic carbocycles. The summed E-state index contributed by atoms with van der Waals surface area (Å²) in [6.45, 7) is 1.53. The Balaban J connectivity index is 1.98. The summed E-state index contributed by atoms with van der Waals surface area (Å²) in [7, 11) is 0. The predicted octanol–water partition coefficient (Wildman–Crippen LogP) is 3.70. The van der Waals surface area contributed by atoms with E-state index in [4.69, 9.17) is 4.74 Å². The van der Waals surface area contributed by atoms with Gasteiger partial charge in [-0.2, -0.15) is 0 Å². The van der Waals surface area contributed by atoms with Crippen molar-refractivity contribution in [2.45, 2.75) is 13.3 Å². The van der Waals surface area contributed by atoms with Crippen molar-refractivity contribution in [3.8, 4) is 0 Å². The monoisotopic (exact) mass is 392 g/mol. The van der Waals surface area contributed by atoms with Crippen LogP contribution in [0.15, 0.2) is 84.1 Å². The van der Waals surface area contributed by atoms with Crippen molar-refractivity contribution in [2.75, 3.05) is 0 Å². The van der Waals surface area contributed by atoms with Crippen LogP contribution in [-0.2, 0) is 20.7 Å². The van der Waals surface area contributed by atoms with Crippen LogP contribution in [0.5, 0.6) is 0 Å². The maximum atomic E-state index is 12.4. The first-order valence-corrected chi connectivity index (χ1v) is 9.06. The average molecular weight is 392 g/mol. The molecule has 0 aromatic heterocycles. The summed E-state index contributed by atoms with van der Waals surface area (Å²) in [6, 6.07) is 17.2. The Bertz CT molecular complexity index is 991. The van der Waals surface area contributed by atoms with Crippen LogP contribution in [0, 0.1) is 11.3 Å². The third-order valence-electron chi connectivity index (χ3n) is 5.18. The van der Waals surface area contributed by atoms with Crippen molar-refractivity contribution in [2.24, 2.45) is 11.3 Å². The van der Waals surface area contributed by atoms with Crippen molar-refractivity contribution in [1.82, 2.24) is 0 Å². The summed E-state index contributed by atoms with van der Waals surface area (Å²) in [5.41, 5.74) is -0.682. The molecule has 0 aliphatic heterocycles. The van der Waals surface area contributed by atoms with E-state index in [2.05, 4.69) is 0 Å². The van der Waals surface area contributed by atoms with E-state index in [-0.39, 0.29) is 23.3 Å². The summed E-state index contributed by atoms with van der Waals surface area (Å²) in [5.74, 6) is -4.25. The van der Waals surface area contributed by atoms with Crippen LogP contribution in [0.1, 0.15) is 22.8 Å². The zero-order valence-electron chi connectivity index (χ0n) is 15.7. The van der Waals surface area contributed by atoms with Crippen molar-refractivity contribution in [3.05, 3.63) is 95.3 Å². The molecule has 6 heteroatoms. The summed E-state index contributed by atoms with van der Waals surface area (Å²) in [5, 5.41) is 19.8. The van der Waals surface area contributed by atoms with Crippen molar-refractivity contribution in [1.29, 1.82) is 0 Å². The lowest BCUT2D eigenvalue weighted by atomic mass is 9.66. The zero-order valence-corrected chi connectivity index (χ0v) is 15.7. The Morgan fingerprint density at radius 3 is 2.10 bits per heavy atom. The van der Waals surface area contributed by atoms with E-state index >= 15 is 0 Å². The fourth-order valence-corrected chi connectivity index (χ4v) is 3.52. The van der Waals surface area contributed by atoms with Crippen LogP contribution < -0.4 is 0 Å². The highest BCUT2D eigenvalue weighted by Gasteiger charge is 2.48. The van der Waals surface area contributed by atoms with E-state index in [0.717, 1.165) is 5.56 Å². The molecule has 2 aromatic rings. The first kappa shape index (κ1) is 20.1. The molecule has 0 radical (unpaired) electrons. The van der Waals surface area contributed by atoms with Crippen LogP contribution in [-0.4, -0.2) is 28.1 Å². The number of esters is 1. The highest BCUT2D eigenvalue weighted by atomic mass is 16.5. The molecule has 2 aromatic carbocycles. The summed E-state index contributed by atoms with van der Waals surface area (Å²) >= 11 is 0. The lowest BCUT2D eigenvalue weighted by molar-refractivity contribution is -0.148. The molecule has 0 fully saturated rings. The van der Waals surface area contributed by atoms with Crippen LogP contribution in [0.25, 0.3) is 0 Å². The largest absolute Gasteiger partial charge is 0.481 e. The molecule has 148 valence electrons. The van der Waals surface area contributed by atoms with Gasteiger partial charge in [-0.15, -0.1) is 0 Å². The Hall–Kier alpha value is -3.67. The average Bonchev–Trinajstić information content (AvgIpc) is 2.71. The molecule has 0 amide bonds. The minimum absolute atomic E-state index is 0.109. The molecule has 0 bridgehead atoms. The van der Waals surface area contributed by atoms with Crippen LogP contribution >= 0.6 is 0 Å². The molecule has 2 N–H and O–H groups in total. The second-order valence-corrected chi connectivity index (χ2v) is 6.90. The van der Waals surface area contributed by atoms with Crippen molar-refractivity contribution in [3.63, 3.8) is 0 Å². The number of carbonyl (C=O) groups excluding carboxylic acids is 1. The standard InChI is InChI=1S/C23H20O6/c1-15-19(20(24)25)18(29-21(26)17-10-6-3-7-11-17)12-13-23(15,22(27)28)14-16-8-4-2-5-9-16/h2-13,15H,14H2,1H3,(H,24,25)(H,27,28). The third-order valence-corrected chi connectivity index (χ3v) is 5.18. The van der Waals surface area contributed by atoms with Crippen molar-refractivity contribution < 1.29 is 29.3 Å². The highest BCUT2D eigenvalue weighted by molar-refractivity contribution is 5.94. The Morgan fingerprint density at radius 1 is 0.966 bits per heavy atom. The number of carboxylic acid groups (broad SMARTS) is 2. The molecule has 0 saturated heterocycles. The number of rotatable bonds is 6. The number of carbonyl (C=O) groups is 3. The molecule has 0 spiro atoms. The van der Waals surface area contributed by atoms with Gasteiger partial charge in [-0.1, -0.05) is 61.5 Å². The molecule has 2 atom stereocenters. The maximum Gasteiger partial charge on any atom is 0.343 e. The normalized spacial score (nSPS) is 20.9. The molecule has 1 aliphatic rings. The molecular formula is C23H20O6. The first-order chi connectivity index (χ1) is 13.8. The van der Waals surface area contributed by atoms with E-state index in [9.17, 15) is 24.6 Å². The molecular weight excluding hydrogens is 372 g/mol. The number of allylic oxidation sites excluding steroid dienone is 1. The van der Waals surface area contributed by atoms with Gasteiger partial charge in [-0.05, 0) is 30.2 Å². The third kappa shape index (κ3) is 3.96. The second-order valence-electron chi connectivity index (χ2n) is 6.90. The van der Waals surface area contributed by atoms with Crippen molar-refractivity contribution >= 4 is 17.9 Å². The quantitative estimate of drug-likeness (QED) is 0.727. The van der Waals surface area contributed by atoms with E-state index in [1.165, 1.54) is 19.1 Å². The van der Waals surface area contributed by atoms with Gasteiger partial charge in [-0.3, -0.25) is 4.79 Å². The van der Waals surface area contributed by atoms with Gasteiger partial charge in [-0.25, -0.2) is 9.59 Å². The summed E-state index contributed by atoms with van der Waals surface area (Å²) in [6.07, 6.45) is 2.81. The smallest absolute Gasteiger partial charge is 0.343 e. The van der Waals surface area contributed by atoms with Gasteiger partial charge in [0.15, 0.2) is 0 Å². The lowest BCUT2D eigenvalue weighted by Gasteiger charge is -2.36. The van der Waals surface area contributed by atoms with Crippen LogP contribution in [0.4, 0.5) is 0 Å². The minimum atomic E-state index is -1.47. The van der Waals surface area contributed by atoms with E-state index in [1.54, 1.807) is 54.6 Å². The Kier molecular flexibility index (Phi) is 5.64. The molecule has 3 rings (SSSR count). The fourth-order valence-electron chi connectivity index (χ4n) is 3.52. The Labute approximate surface area is 167 Å². The van der Waals surface area contributed by atoms with Gasteiger partial charge in [0.1, 0.15) is 5.76 Å². The number of hydrogen-bond donors (Lipinski definition) is 2. The lowest BCUT2D eigenvalue weighted by Crippen LogP contribution is -2.42. The first-order valence-electron chi connectivity index (χ1n) is 9.06. The van der Waals surface area contributed by atoms with Gasteiger partial charge < -0.3 is 14.9 Å². The number of carboxylic acids is 2. The van der Waals surface area contributed by atoms with Gasteiger partial charge in [0.25, 0.3) is 0 Å². The fraction of sp³-hybridized carbons (Fsp3) is 0.174. The van der Waals surface area contributed by atoms with Gasteiger partial charge in [0, 0.05) is 5.92 Å². The number of benzene rings is 2. The van der Waals surface area contributed by atoms with E-state index in [0.29, 0.717) is 0 Å². The molecule has 2 unspecified atom stereocenters. The van der Waals surface area contributed by atoms with Gasteiger partial charge in [0.05, 0.1) is 16.6 Å². The molecule has 6 nitrogen and oxygen atoms in total. The molecule has 0 saturated carbocycles. The maximum absolute atomic E-state index is 12.4. The molecule has 29 heavy (non-hydrogen) atoms. The topological polar surface area (TPSA) is 101 Å². The predicted molar refractivity (Wildman–Crippen MR) is 105 cm³/mol. The SMILES string of the molecule is CC1C(C(=O)O)=C(OC(=O)c2ccccc2)C=CC1(Cc1ccccc1)C(=O)O.